The molecule has 6 nitrogen and oxygen atoms in total. The molecule has 30 heavy (non-hydrogen) atoms. The number of benzene rings is 2. The summed E-state index contributed by atoms with van der Waals surface area (Å²) >= 11 is 0. The number of aromatic nitrogens is 2. The predicted octanol–water partition coefficient (Wildman–Crippen LogP) is 4.10. The third-order valence-electron chi connectivity index (χ3n) is 4.94. The molecule has 0 unspecified atom stereocenters. The average molecular weight is 425 g/mol. The molecule has 156 valence electrons. The third kappa shape index (κ3) is 4.25. The number of H-pyrrole nitrogens is 1. The molecule has 0 saturated heterocycles. The third-order valence-corrected chi connectivity index (χ3v) is 4.94. The number of nitrogens with one attached hydrogen (secondary N) is 2. The van der Waals surface area contributed by atoms with Crippen molar-refractivity contribution in [3.8, 4) is 17.0 Å². The molecule has 0 fully saturated rings. The standard InChI is InChI=1S/C23H24N4O2.ClH/c1-27(2)13-12-24-23(28)20-14-18-17-6-4-5-7-19(17)25-22(18)21(26-20)15-8-10-16(29-3)11-9-15;/h4-11,14,25H,12-13H2,1-3H3,(H,24,28);1H. The number of carbonyl (C=O) groups excluding carboxylic acids is 1. The van der Waals surface area contributed by atoms with Crippen molar-refractivity contribution in [2.24, 2.45) is 0 Å². The molecule has 0 radical (unpaired) electrons. The van der Waals surface area contributed by atoms with Gasteiger partial charge in [0, 0.05) is 34.9 Å². The van der Waals surface area contributed by atoms with E-state index in [4.69, 9.17) is 9.72 Å². The van der Waals surface area contributed by atoms with E-state index in [-0.39, 0.29) is 18.3 Å². The number of aromatic amines is 1. The van der Waals surface area contributed by atoms with Crippen molar-refractivity contribution < 1.29 is 9.53 Å². The van der Waals surface area contributed by atoms with Crippen LogP contribution in [0.15, 0.2) is 54.6 Å². The van der Waals surface area contributed by atoms with Crippen molar-refractivity contribution >= 4 is 40.1 Å². The van der Waals surface area contributed by atoms with Gasteiger partial charge in [-0.2, -0.15) is 0 Å². The van der Waals surface area contributed by atoms with Gasteiger partial charge in [-0.3, -0.25) is 4.79 Å². The van der Waals surface area contributed by atoms with Crippen LogP contribution in [0.5, 0.6) is 5.75 Å². The van der Waals surface area contributed by atoms with Gasteiger partial charge in [-0.25, -0.2) is 4.98 Å². The Bertz CT molecular complexity index is 1170. The Balaban J connectivity index is 0.00000256. The van der Waals surface area contributed by atoms with Gasteiger partial charge in [-0.15, -0.1) is 12.4 Å². The smallest absolute Gasteiger partial charge is 0.269 e. The van der Waals surface area contributed by atoms with E-state index >= 15 is 0 Å². The summed E-state index contributed by atoms with van der Waals surface area (Å²) in [4.78, 5) is 23.0. The molecule has 2 N–H and O–H groups in total. The highest BCUT2D eigenvalue weighted by Gasteiger charge is 2.17. The van der Waals surface area contributed by atoms with Crippen LogP contribution in [0.1, 0.15) is 10.5 Å². The normalized spacial score (nSPS) is 10.9. The van der Waals surface area contributed by atoms with Gasteiger partial charge in [0.05, 0.1) is 18.3 Å². The van der Waals surface area contributed by atoms with Gasteiger partial charge >= 0.3 is 0 Å². The Morgan fingerprint density at radius 2 is 1.83 bits per heavy atom. The second-order valence-electron chi connectivity index (χ2n) is 7.24. The fourth-order valence-corrected chi connectivity index (χ4v) is 3.40. The number of methoxy groups -OCH3 is 1. The van der Waals surface area contributed by atoms with Crippen LogP contribution >= 0.6 is 12.4 Å². The molecule has 7 heteroatoms. The zero-order valence-electron chi connectivity index (χ0n) is 17.2. The summed E-state index contributed by atoms with van der Waals surface area (Å²) < 4.78 is 5.27. The lowest BCUT2D eigenvalue weighted by Gasteiger charge is -2.11. The first kappa shape index (κ1) is 21.6. The molecule has 2 aromatic carbocycles. The maximum atomic E-state index is 12.8. The summed E-state index contributed by atoms with van der Waals surface area (Å²) in [5, 5.41) is 5.02. The molecule has 0 aliphatic rings. The summed E-state index contributed by atoms with van der Waals surface area (Å²) in [6, 6.07) is 17.7. The lowest BCUT2D eigenvalue weighted by Crippen LogP contribution is -2.31. The molecule has 0 atom stereocenters. The van der Waals surface area contributed by atoms with Crippen molar-refractivity contribution in [2.45, 2.75) is 0 Å². The highest BCUT2D eigenvalue weighted by molar-refractivity contribution is 6.13. The summed E-state index contributed by atoms with van der Waals surface area (Å²) in [6.45, 7) is 1.34. The first-order chi connectivity index (χ1) is 14.1. The van der Waals surface area contributed by atoms with Crippen LogP contribution in [0.4, 0.5) is 0 Å². The summed E-state index contributed by atoms with van der Waals surface area (Å²) in [5.74, 6) is 0.605. The minimum absolute atomic E-state index is 0. The molecule has 0 aliphatic carbocycles. The van der Waals surface area contributed by atoms with Crippen LogP contribution in [0.3, 0.4) is 0 Å². The Morgan fingerprint density at radius 3 is 2.53 bits per heavy atom. The SMILES string of the molecule is COc1ccc(-c2nc(C(=O)NCCN(C)C)cc3c2[nH]c2ccccc23)cc1.Cl. The predicted molar refractivity (Wildman–Crippen MR) is 124 cm³/mol. The highest BCUT2D eigenvalue weighted by Crippen LogP contribution is 2.33. The Morgan fingerprint density at radius 1 is 1.10 bits per heavy atom. The quantitative estimate of drug-likeness (QED) is 0.488. The van der Waals surface area contributed by atoms with E-state index in [9.17, 15) is 4.79 Å². The summed E-state index contributed by atoms with van der Waals surface area (Å²) in [7, 11) is 5.59. The second-order valence-corrected chi connectivity index (χ2v) is 7.24. The van der Waals surface area contributed by atoms with Gasteiger partial charge in [0.15, 0.2) is 0 Å². The van der Waals surface area contributed by atoms with Crippen LogP contribution in [-0.2, 0) is 0 Å². The van der Waals surface area contributed by atoms with Gasteiger partial charge < -0.3 is 19.9 Å². The fraction of sp³-hybridized carbons (Fsp3) is 0.217. The lowest BCUT2D eigenvalue weighted by atomic mass is 10.1. The van der Waals surface area contributed by atoms with Gasteiger partial charge in [0.2, 0.25) is 0 Å². The number of rotatable bonds is 6. The monoisotopic (exact) mass is 424 g/mol. The van der Waals surface area contributed by atoms with Gasteiger partial charge in [0.1, 0.15) is 11.4 Å². The van der Waals surface area contributed by atoms with Crippen LogP contribution < -0.4 is 10.1 Å². The Hall–Kier alpha value is -3.09. The number of amides is 1. The first-order valence-corrected chi connectivity index (χ1v) is 9.55. The fourth-order valence-electron chi connectivity index (χ4n) is 3.40. The molecule has 4 rings (SSSR count). The number of para-hydroxylation sites is 1. The molecular formula is C23H25ClN4O2. The minimum Gasteiger partial charge on any atom is -0.497 e. The van der Waals surface area contributed by atoms with Crippen molar-refractivity contribution in [3.05, 3.63) is 60.3 Å². The number of fused-ring (bicyclic) bond motifs is 3. The van der Waals surface area contributed by atoms with Crippen LogP contribution in [0.25, 0.3) is 33.1 Å². The van der Waals surface area contributed by atoms with Gasteiger partial charge in [-0.05, 0) is 50.5 Å². The van der Waals surface area contributed by atoms with E-state index in [1.54, 1.807) is 7.11 Å². The Kier molecular flexibility index (Phi) is 6.59. The number of pyridine rings is 1. The second kappa shape index (κ2) is 9.15. The highest BCUT2D eigenvalue weighted by atomic mass is 35.5. The molecule has 0 saturated carbocycles. The van der Waals surface area contributed by atoms with Crippen molar-refractivity contribution in [2.75, 3.05) is 34.3 Å². The topological polar surface area (TPSA) is 70.2 Å². The molecule has 0 aliphatic heterocycles. The van der Waals surface area contributed by atoms with E-state index in [1.165, 1.54) is 0 Å². The minimum atomic E-state index is -0.172. The van der Waals surface area contributed by atoms with E-state index in [2.05, 4.69) is 16.4 Å². The number of hydrogen-bond acceptors (Lipinski definition) is 4. The molecule has 0 bridgehead atoms. The zero-order valence-corrected chi connectivity index (χ0v) is 18.0. The van der Waals surface area contributed by atoms with Gasteiger partial charge in [-0.1, -0.05) is 18.2 Å². The number of carbonyl (C=O) groups is 1. The van der Waals surface area contributed by atoms with Crippen molar-refractivity contribution in [3.63, 3.8) is 0 Å². The summed E-state index contributed by atoms with van der Waals surface area (Å²) in [5.41, 5.74) is 4.02. The summed E-state index contributed by atoms with van der Waals surface area (Å²) in [6.07, 6.45) is 0. The number of halogens is 1. The van der Waals surface area contributed by atoms with Gasteiger partial charge in [0.25, 0.3) is 5.91 Å². The van der Waals surface area contributed by atoms with Crippen LogP contribution in [-0.4, -0.2) is 55.1 Å². The number of likely N-dealkylation sites (N-methyl/N-ethyl adjacent to an activating group) is 1. The van der Waals surface area contributed by atoms with E-state index in [0.29, 0.717) is 12.2 Å². The lowest BCUT2D eigenvalue weighted by molar-refractivity contribution is 0.0946. The maximum Gasteiger partial charge on any atom is 0.269 e. The van der Waals surface area contributed by atoms with Crippen molar-refractivity contribution in [1.29, 1.82) is 0 Å². The van der Waals surface area contributed by atoms with Crippen molar-refractivity contribution in [1.82, 2.24) is 20.2 Å². The number of hydrogen-bond donors (Lipinski definition) is 2. The average Bonchev–Trinajstić information content (AvgIpc) is 3.11. The molecule has 2 aromatic heterocycles. The van der Waals surface area contributed by atoms with E-state index in [0.717, 1.165) is 45.4 Å². The molecule has 2 heterocycles. The first-order valence-electron chi connectivity index (χ1n) is 9.55. The molecular weight excluding hydrogens is 400 g/mol. The number of nitrogens with zero attached hydrogens (tertiary/aromatic N) is 2. The largest absolute Gasteiger partial charge is 0.497 e. The molecule has 1 amide bonds. The Labute approximate surface area is 181 Å². The van der Waals surface area contributed by atoms with Crippen LogP contribution in [0, 0.1) is 0 Å². The number of ether oxygens (including phenoxy) is 1. The van der Waals surface area contributed by atoms with Crippen LogP contribution in [0.2, 0.25) is 0 Å². The zero-order chi connectivity index (χ0) is 20.4. The van der Waals surface area contributed by atoms with E-state index < -0.39 is 0 Å². The van der Waals surface area contributed by atoms with E-state index in [1.807, 2.05) is 67.5 Å². The maximum absolute atomic E-state index is 12.8. The molecule has 4 aromatic rings. The molecule has 0 spiro atoms.